The summed E-state index contributed by atoms with van der Waals surface area (Å²) >= 11 is 0. The van der Waals surface area contributed by atoms with Crippen LogP contribution in [0.1, 0.15) is 105 Å². The molecule has 25 heavy (non-hydrogen) atoms. The predicted octanol–water partition coefficient (Wildman–Crippen LogP) is 5.91. The third kappa shape index (κ3) is 8.03. The van der Waals surface area contributed by atoms with E-state index < -0.39 is 0 Å². The molecule has 0 heterocycles. The van der Waals surface area contributed by atoms with Crippen molar-refractivity contribution in [3.05, 3.63) is 0 Å². The first-order valence-corrected chi connectivity index (χ1v) is 10.8. The van der Waals surface area contributed by atoms with Crippen LogP contribution in [0.3, 0.4) is 0 Å². The maximum Gasteiger partial charge on any atom is 0.0653 e. The maximum absolute atomic E-state index is 9.99. The molecule has 0 atom stereocenters. The van der Waals surface area contributed by atoms with Gasteiger partial charge in [-0.15, -0.1) is 0 Å². The lowest BCUT2D eigenvalue weighted by Crippen LogP contribution is -2.31. The van der Waals surface area contributed by atoms with Crippen molar-refractivity contribution in [1.82, 2.24) is 0 Å². The molecular formula is C22H45BO2. The summed E-state index contributed by atoms with van der Waals surface area (Å²) in [6.45, 7) is 11.6. The standard InChI is InChI=1S/C22H45BO2/c1-6-20(5,7-2)12-10-14-22(18-24,19-25)15-11-13-21(8-3,9-4)16-17-23/h24-25H,6-19H2,1-5H3. The Labute approximate surface area is 159 Å². The number of rotatable bonds is 16. The molecule has 0 spiro atoms. The summed E-state index contributed by atoms with van der Waals surface area (Å²) in [6.07, 6.45) is 12.9. The van der Waals surface area contributed by atoms with Crippen LogP contribution in [0.25, 0.3) is 0 Å². The number of aliphatic hydroxyl groups is 2. The smallest absolute Gasteiger partial charge is 0.0653 e. The monoisotopic (exact) mass is 352 g/mol. The fourth-order valence-electron chi connectivity index (χ4n) is 4.21. The zero-order valence-corrected chi connectivity index (χ0v) is 17.9. The van der Waals surface area contributed by atoms with Crippen molar-refractivity contribution in [2.24, 2.45) is 16.2 Å². The second kappa shape index (κ2) is 12.4. The van der Waals surface area contributed by atoms with Crippen molar-refractivity contribution in [2.45, 2.75) is 112 Å². The molecule has 2 nitrogen and oxygen atoms in total. The van der Waals surface area contributed by atoms with Crippen LogP contribution in [-0.2, 0) is 0 Å². The van der Waals surface area contributed by atoms with E-state index in [0.29, 0.717) is 10.8 Å². The first-order valence-electron chi connectivity index (χ1n) is 10.8. The van der Waals surface area contributed by atoms with E-state index in [-0.39, 0.29) is 18.6 Å². The third-order valence-electron chi connectivity index (χ3n) is 7.45. The number of hydrogen-bond donors (Lipinski definition) is 2. The van der Waals surface area contributed by atoms with Gasteiger partial charge in [-0.25, -0.2) is 0 Å². The zero-order valence-electron chi connectivity index (χ0n) is 17.9. The normalized spacial score (nSPS) is 13.4. The molecule has 0 saturated heterocycles. The van der Waals surface area contributed by atoms with Gasteiger partial charge >= 0.3 is 0 Å². The third-order valence-corrected chi connectivity index (χ3v) is 7.45. The Morgan fingerprint density at radius 1 is 0.640 bits per heavy atom. The summed E-state index contributed by atoms with van der Waals surface area (Å²) in [5.74, 6) is 0. The molecule has 0 saturated carbocycles. The van der Waals surface area contributed by atoms with Crippen molar-refractivity contribution < 1.29 is 10.2 Å². The highest BCUT2D eigenvalue weighted by molar-refractivity contribution is 6.08. The molecule has 148 valence electrons. The van der Waals surface area contributed by atoms with Gasteiger partial charge in [0.15, 0.2) is 0 Å². The first-order chi connectivity index (χ1) is 11.8. The zero-order chi connectivity index (χ0) is 19.4. The number of aliphatic hydroxyl groups excluding tert-OH is 2. The molecular weight excluding hydrogens is 307 g/mol. The van der Waals surface area contributed by atoms with Crippen LogP contribution in [0, 0.1) is 16.2 Å². The molecule has 0 amide bonds. The van der Waals surface area contributed by atoms with Gasteiger partial charge in [-0.3, -0.25) is 0 Å². The Morgan fingerprint density at radius 3 is 1.44 bits per heavy atom. The molecule has 0 aromatic carbocycles. The fraction of sp³-hybridized carbons (Fsp3) is 1.00. The van der Waals surface area contributed by atoms with E-state index in [1.807, 2.05) is 0 Å². The molecule has 0 aromatic rings. The topological polar surface area (TPSA) is 40.5 Å². The quantitative estimate of drug-likeness (QED) is 0.339. The average molecular weight is 352 g/mol. The van der Waals surface area contributed by atoms with Crippen LogP contribution in [0.15, 0.2) is 0 Å². The van der Waals surface area contributed by atoms with Gasteiger partial charge in [0.05, 0.1) is 21.1 Å². The van der Waals surface area contributed by atoms with E-state index in [9.17, 15) is 10.2 Å². The second-order valence-electron chi connectivity index (χ2n) is 8.79. The number of hydrogen-bond acceptors (Lipinski definition) is 2. The van der Waals surface area contributed by atoms with E-state index >= 15 is 0 Å². The lowest BCUT2D eigenvalue weighted by atomic mass is 9.70. The molecule has 0 fully saturated rings. The van der Waals surface area contributed by atoms with Crippen molar-refractivity contribution in [2.75, 3.05) is 13.2 Å². The Hall–Kier alpha value is -0.0151. The average Bonchev–Trinajstić information content (AvgIpc) is 2.65. The summed E-state index contributed by atoms with van der Waals surface area (Å²) in [5, 5.41) is 20.0. The van der Waals surface area contributed by atoms with Crippen molar-refractivity contribution >= 4 is 7.85 Å². The summed E-state index contributed by atoms with van der Waals surface area (Å²) < 4.78 is 0. The molecule has 0 rings (SSSR count). The maximum atomic E-state index is 9.99. The Balaban J connectivity index is 4.66. The summed E-state index contributed by atoms with van der Waals surface area (Å²) in [4.78, 5) is 0. The van der Waals surface area contributed by atoms with Gasteiger partial charge in [-0.05, 0) is 36.5 Å². The minimum atomic E-state index is -0.307. The van der Waals surface area contributed by atoms with E-state index in [1.54, 1.807) is 0 Å². The summed E-state index contributed by atoms with van der Waals surface area (Å²) in [7, 11) is 5.83. The molecule has 0 bridgehead atoms. The van der Waals surface area contributed by atoms with Gasteiger partial charge in [0.1, 0.15) is 0 Å². The van der Waals surface area contributed by atoms with Gasteiger partial charge < -0.3 is 10.2 Å². The van der Waals surface area contributed by atoms with E-state index in [0.717, 1.165) is 57.7 Å². The Kier molecular flexibility index (Phi) is 12.4. The molecule has 0 aliphatic heterocycles. The molecule has 3 heteroatoms. The first kappa shape index (κ1) is 25.0. The van der Waals surface area contributed by atoms with E-state index in [1.165, 1.54) is 19.3 Å². The van der Waals surface area contributed by atoms with Crippen LogP contribution in [-0.4, -0.2) is 31.3 Å². The Bertz CT molecular complexity index is 318. The second-order valence-corrected chi connectivity index (χ2v) is 8.79. The SMILES string of the molecule is [B]CCC(CC)(CC)CCCC(CO)(CO)CCCC(C)(CC)CC. The van der Waals surface area contributed by atoms with E-state index in [2.05, 4.69) is 34.6 Å². The van der Waals surface area contributed by atoms with Gasteiger partial charge in [0, 0.05) is 5.41 Å². The molecule has 2 N–H and O–H groups in total. The highest BCUT2D eigenvalue weighted by Crippen LogP contribution is 2.41. The van der Waals surface area contributed by atoms with Gasteiger partial charge in [-0.1, -0.05) is 85.9 Å². The minimum Gasteiger partial charge on any atom is -0.396 e. The molecule has 0 aromatic heterocycles. The van der Waals surface area contributed by atoms with Crippen LogP contribution >= 0.6 is 0 Å². The van der Waals surface area contributed by atoms with Gasteiger partial charge in [0.2, 0.25) is 0 Å². The van der Waals surface area contributed by atoms with Crippen LogP contribution in [0.4, 0.5) is 0 Å². The van der Waals surface area contributed by atoms with Crippen LogP contribution in [0.5, 0.6) is 0 Å². The predicted molar refractivity (Wildman–Crippen MR) is 111 cm³/mol. The lowest BCUT2D eigenvalue weighted by molar-refractivity contribution is 0.0290. The largest absolute Gasteiger partial charge is 0.396 e. The van der Waals surface area contributed by atoms with Gasteiger partial charge in [0.25, 0.3) is 0 Å². The summed E-state index contributed by atoms with van der Waals surface area (Å²) in [5.41, 5.74) is 0.435. The fourth-order valence-corrected chi connectivity index (χ4v) is 4.21. The van der Waals surface area contributed by atoms with Crippen LogP contribution < -0.4 is 0 Å². The van der Waals surface area contributed by atoms with E-state index in [4.69, 9.17) is 7.85 Å². The molecule has 2 radical (unpaired) electrons. The minimum absolute atomic E-state index is 0.0978. The highest BCUT2D eigenvalue weighted by Gasteiger charge is 2.31. The lowest BCUT2D eigenvalue weighted by Gasteiger charge is -2.36. The molecule has 0 aliphatic carbocycles. The van der Waals surface area contributed by atoms with Crippen LogP contribution in [0.2, 0.25) is 6.32 Å². The van der Waals surface area contributed by atoms with Crippen molar-refractivity contribution in [3.8, 4) is 0 Å². The van der Waals surface area contributed by atoms with Gasteiger partial charge in [-0.2, -0.15) is 0 Å². The molecule has 0 unspecified atom stereocenters. The highest BCUT2D eigenvalue weighted by atomic mass is 16.3. The molecule has 0 aliphatic rings. The summed E-state index contributed by atoms with van der Waals surface area (Å²) in [6, 6.07) is 0. The van der Waals surface area contributed by atoms with Crippen molar-refractivity contribution in [3.63, 3.8) is 0 Å². The Morgan fingerprint density at radius 2 is 1.08 bits per heavy atom. The van der Waals surface area contributed by atoms with Crippen molar-refractivity contribution in [1.29, 1.82) is 0 Å².